The van der Waals surface area contributed by atoms with Crippen LogP contribution in [0.2, 0.25) is 0 Å². The molecule has 0 spiro atoms. The van der Waals surface area contributed by atoms with Crippen molar-refractivity contribution >= 4 is 5.91 Å². The standard InChI is InChI=1S/C17H28N2O2/c1-6-15(18)11-14-9-12(2)17(13(3)10-14)21-8-7-16(20)19(4)5/h9-10,15H,6-8,11,18H2,1-5H3. The van der Waals surface area contributed by atoms with Gasteiger partial charge < -0.3 is 15.4 Å². The van der Waals surface area contributed by atoms with Gasteiger partial charge in [0.25, 0.3) is 0 Å². The first-order chi connectivity index (χ1) is 9.85. The molecule has 0 bridgehead atoms. The minimum absolute atomic E-state index is 0.0795. The zero-order valence-electron chi connectivity index (χ0n) is 13.9. The molecule has 0 aliphatic rings. The Labute approximate surface area is 128 Å². The Morgan fingerprint density at radius 2 is 1.86 bits per heavy atom. The van der Waals surface area contributed by atoms with Crippen molar-refractivity contribution in [2.75, 3.05) is 20.7 Å². The fourth-order valence-corrected chi connectivity index (χ4v) is 2.30. The predicted octanol–water partition coefficient (Wildman–Crippen LogP) is 2.44. The third kappa shape index (κ3) is 5.38. The fraction of sp³-hybridized carbons (Fsp3) is 0.588. The van der Waals surface area contributed by atoms with Crippen molar-refractivity contribution in [1.29, 1.82) is 0 Å². The van der Waals surface area contributed by atoms with Crippen LogP contribution in [0.4, 0.5) is 0 Å². The third-order valence-electron chi connectivity index (χ3n) is 3.60. The first-order valence-electron chi connectivity index (χ1n) is 7.53. The van der Waals surface area contributed by atoms with Gasteiger partial charge in [-0.3, -0.25) is 4.79 Å². The van der Waals surface area contributed by atoms with Gasteiger partial charge in [-0.15, -0.1) is 0 Å². The first-order valence-corrected chi connectivity index (χ1v) is 7.53. The van der Waals surface area contributed by atoms with E-state index in [2.05, 4.69) is 19.1 Å². The molecule has 21 heavy (non-hydrogen) atoms. The van der Waals surface area contributed by atoms with Crippen LogP contribution in [-0.2, 0) is 11.2 Å². The van der Waals surface area contributed by atoms with Gasteiger partial charge in [-0.1, -0.05) is 19.1 Å². The van der Waals surface area contributed by atoms with Gasteiger partial charge in [0.1, 0.15) is 5.75 Å². The summed E-state index contributed by atoms with van der Waals surface area (Å²) >= 11 is 0. The van der Waals surface area contributed by atoms with Crippen molar-refractivity contribution in [2.45, 2.75) is 46.1 Å². The molecule has 0 aliphatic carbocycles. The minimum atomic E-state index is 0.0795. The number of carbonyl (C=O) groups excluding carboxylic acids is 1. The van der Waals surface area contributed by atoms with Gasteiger partial charge >= 0.3 is 0 Å². The number of nitrogens with two attached hydrogens (primary N) is 1. The highest BCUT2D eigenvalue weighted by molar-refractivity contribution is 5.75. The van der Waals surface area contributed by atoms with Crippen molar-refractivity contribution in [2.24, 2.45) is 5.73 Å². The second-order valence-corrected chi connectivity index (χ2v) is 5.82. The van der Waals surface area contributed by atoms with Gasteiger partial charge in [-0.25, -0.2) is 0 Å². The highest BCUT2D eigenvalue weighted by Gasteiger charge is 2.10. The van der Waals surface area contributed by atoms with E-state index in [0.29, 0.717) is 13.0 Å². The number of hydrogen-bond donors (Lipinski definition) is 1. The summed E-state index contributed by atoms with van der Waals surface area (Å²) in [6.45, 7) is 6.59. The van der Waals surface area contributed by atoms with Crippen molar-refractivity contribution in [3.05, 3.63) is 28.8 Å². The summed E-state index contributed by atoms with van der Waals surface area (Å²) in [7, 11) is 3.51. The number of rotatable bonds is 7. The average Bonchev–Trinajstić information content (AvgIpc) is 2.41. The number of ether oxygens (including phenoxy) is 1. The zero-order chi connectivity index (χ0) is 16.0. The molecule has 1 amide bonds. The molecule has 1 unspecified atom stereocenters. The van der Waals surface area contributed by atoms with Crippen LogP contribution in [0.3, 0.4) is 0 Å². The van der Waals surface area contributed by atoms with E-state index in [1.807, 2.05) is 13.8 Å². The lowest BCUT2D eigenvalue weighted by atomic mass is 9.99. The molecule has 1 atom stereocenters. The Bertz CT molecular complexity index is 461. The Balaban J connectivity index is 2.69. The summed E-state index contributed by atoms with van der Waals surface area (Å²) in [5.74, 6) is 0.964. The highest BCUT2D eigenvalue weighted by atomic mass is 16.5. The molecule has 1 rings (SSSR count). The first kappa shape index (κ1) is 17.5. The Morgan fingerprint density at radius 1 is 1.29 bits per heavy atom. The minimum Gasteiger partial charge on any atom is -0.493 e. The van der Waals surface area contributed by atoms with Crippen LogP contribution in [0.1, 0.15) is 36.5 Å². The van der Waals surface area contributed by atoms with E-state index in [1.54, 1.807) is 19.0 Å². The second kappa shape index (κ2) is 8.03. The molecule has 0 saturated carbocycles. The average molecular weight is 292 g/mol. The molecule has 0 heterocycles. The smallest absolute Gasteiger partial charge is 0.225 e. The maximum atomic E-state index is 11.5. The summed E-state index contributed by atoms with van der Waals surface area (Å²) in [6.07, 6.45) is 2.26. The van der Waals surface area contributed by atoms with Crippen LogP contribution in [0, 0.1) is 13.8 Å². The van der Waals surface area contributed by atoms with E-state index in [9.17, 15) is 4.79 Å². The number of aryl methyl sites for hydroxylation is 2. The van der Waals surface area contributed by atoms with Gasteiger partial charge in [0, 0.05) is 20.1 Å². The van der Waals surface area contributed by atoms with Crippen LogP contribution in [0.15, 0.2) is 12.1 Å². The molecule has 0 aliphatic heterocycles. The van der Waals surface area contributed by atoms with Crippen molar-refractivity contribution in [1.82, 2.24) is 4.90 Å². The molecule has 4 nitrogen and oxygen atoms in total. The lowest BCUT2D eigenvalue weighted by Gasteiger charge is -2.16. The predicted molar refractivity (Wildman–Crippen MR) is 86.7 cm³/mol. The maximum absolute atomic E-state index is 11.5. The SMILES string of the molecule is CCC(N)Cc1cc(C)c(OCCC(=O)N(C)C)c(C)c1. The zero-order valence-corrected chi connectivity index (χ0v) is 13.9. The van der Waals surface area contributed by atoms with Gasteiger partial charge in [-0.2, -0.15) is 0 Å². The number of hydrogen-bond acceptors (Lipinski definition) is 3. The van der Waals surface area contributed by atoms with Gasteiger partial charge in [0.15, 0.2) is 0 Å². The van der Waals surface area contributed by atoms with Crippen LogP contribution in [0.5, 0.6) is 5.75 Å². The lowest BCUT2D eigenvalue weighted by molar-refractivity contribution is -0.129. The quantitative estimate of drug-likeness (QED) is 0.840. The summed E-state index contributed by atoms with van der Waals surface area (Å²) in [5, 5.41) is 0. The number of nitrogens with zero attached hydrogens (tertiary/aromatic N) is 1. The molecule has 0 saturated heterocycles. The van der Waals surface area contributed by atoms with Gasteiger partial charge in [0.05, 0.1) is 13.0 Å². The van der Waals surface area contributed by atoms with Crippen LogP contribution >= 0.6 is 0 Å². The molecule has 2 N–H and O–H groups in total. The molecule has 1 aromatic rings. The topological polar surface area (TPSA) is 55.6 Å². The Morgan fingerprint density at radius 3 is 2.33 bits per heavy atom. The van der Waals surface area contributed by atoms with Crippen molar-refractivity contribution < 1.29 is 9.53 Å². The van der Waals surface area contributed by atoms with Crippen molar-refractivity contribution in [3.63, 3.8) is 0 Å². The van der Waals surface area contributed by atoms with E-state index in [-0.39, 0.29) is 11.9 Å². The second-order valence-electron chi connectivity index (χ2n) is 5.82. The molecule has 4 heteroatoms. The monoisotopic (exact) mass is 292 g/mol. The van der Waals surface area contributed by atoms with Crippen LogP contribution in [0.25, 0.3) is 0 Å². The molecule has 0 radical (unpaired) electrons. The molecular weight excluding hydrogens is 264 g/mol. The van der Waals surface area contributed by atoms with E-state index < -0.39 is 0 Å². The highest BCUT2D eigenvalue weighted by Crippen LogP contribution is 2.25. The van der Waals surface area contributed by atoms with E-state index in [0.717, 1.165) is 29.7 Å². The molecular formula is C17H28N2O2. The Hall–Kier alpha value is -1.55. The van der Waals surface area contributed by atoms with Crippen LogP contribution in [-0.4, -0.2) is 37.6 Å². The largest absolute Gasteiger partial charge is 0.493 e. The van der Waals surface area contributed by atoms with Crippen LogP contribution < -0.4 is 10.5 Å². The fourth-order valence-electron chi connectivity index (χ4n) is 2.30. The summed E-state index contributed by atoms with van der Waals surface area (Å²) in [4.78, 5) is 13.1. The van der Waals surface area contributed by atoms with Gasteiger partial charge in [0.2, 0.25) is 5.91 Å². The van der Waals surface area contributed by atoms with Gasteiger partial charge in [-0.05, 0) is 43.4 Å². The molecule has 118 valence electrons. The maximum Gasteiger partial charge on any atom is 0.225 e. The third-order valence-corrected chi connectivity index (χ3v) is 3.60. The lowest BCUT2D eigenvalue weighted by Crippen LogP contribution is -2.23. The normalized spacial score (nSPS) is 12.1. The summed E-state index contributed by atoms with van der Waals surface area (Å²) in [5.41, 5.74) is 9.46. The van der Waals surface area contributed by atoms with E-state index >= 15 is 0 Å². The molecule has 0 aromatic heterocycles. The Kier molecular flexibility index (Phi) is 6.69. The molecule has 1 aromatic carbocycles. The van der Waals surface area contributed by atoms with E-state index in [4.69, 9.17) is 10.5 Å². The molecule has 0 fully saturated rings. The van der Waals surface area contributed by atoms with E-state index in [1.165, 1.54) is 5.56 Å². The number of amides is 1. The summed E-state index contributed by atoms with van der Waals surface area (Å²) < 4.78 is 5.80. The summed E-state index contributed by atoms with van der Waals surface area (Å²) in [6, 6.07) is 4.46. The number of benzene rings is 1. The number of carbonyl (C=O) groups is 1. The van der Waals surface area contributed by atoms with Crippen molar-refractivity contribution in [3.8, 4) is 5.75 Å².